The largest absolute Gasteiger partial charge is 0.382 e. The number of rotatable bonds is 2. The first kappa shape index (κ1) is 20.0. The van der Waals surface area contributed by atoms with E-state index in [4.69, 9.17) is 32.3 Å². The molecule has 1 saturated heterocycles. The van der Waals surface area contributed by atoms with E-state index in [0.717, 1.165) is 78.2 Å². The van der Waals surface area contributed by atoms with Crippen molar-refractivity contribution in [3.05, 3.63) is 64.7 Å². The normalized spacial score (nSPS) is 17.3. The van der Waals surface area contributed by atoms with Crippen molar-refractivity contribution in [1.29, 1.82) is 0 Å². The Balaban J connectivity index is 1.21. The van der Waals surface area contributed by atoms with Crippen LogP contribution in [-0.2, 0) is 12.8 Å². The second kappa shape index (κ2) is 7.03. The molecule has 1 aliphatic heterocycles. The molecular weight excluding hydrogens is 446 g/mol. The van der Waals surface area contributed by atoms with Gasteiger partial charge in [0.2, 0.25) is 0 Å². The van der Waals surface area contributed by atoms with Crippen molar-refractivity contribution >= 4 is 40.0 Å². The third-order valence-corrected chi connectivity index (χ3v) is 8.12. The van der Waals surface area contributed by atoms with Gasteiger partial charge in [-0.3, -0.25) is 9.38 Å². The summed E-state index contributed by atoms with van der Waals surface area (Å²) in [4.78, 5) is 21.1. The Bertz CT molecular complexity index is 1570. The highest BCUT2D eigenvalue weighted by Gasteiger charge is 2.41. The monoisotopic (exact) mass is 469 g/mol. The molecule has 1 aliphatic carbocycles. The van der Waals surface area contributed by atoms with E-state index in [0.29, 0.717) is 16.3 Å². The lowest BCUT2D eigenvalue weighted by Gasteiger charge is -2.39. The van der Waals surface area contributed by atoms with Crippen molar-refractivity contribution in [2.45, 2.75) is 32.6 Å². The zero-order chi connectivity index (χ0) is 23.0. The van der Waals surface area contributed by atoms with Crippen LogP contribution in [0.1, 0.15) is 29.8 Å². The van der Waals surface area contributed by atoms with E-state index in [9.17, 15) is 0 Å². The molecule has 0 aromatic carbocycles. The maximum Gasteiger partial charge on any atom is 0.157 e. The number of hydrogen-bond acceptors (Lipinski definition) is 6. The highest BCUT2D eigenvalue weighted by Crippen LogP contribution is 2.45. The van der Waals surface area contributed by atoms with Crippen LogP contribution in [0.5, 0.6) is 0 Å². The summed E-state index contributed by atoms with van der Waals surface area (Å²) in [6.07, 6.45) is 8.14. The SMILES string of the molecule is Cc1ccc2c(n1)CC1(CCN(c3nc4ccc(-c5ccnc(N)c5Cl)c5ncc3n45)CC1)C2. The van der Waals surface area contributed by atoms with Crippen molar-refractivity contribution in [2.75, 3.05) is 23.7 Å². The number of imidazole rings is 2. The smallest absolute Gasteiger partial charge is 0.157 e. The quantitative estimate of drug-likeness (QED) is 0.403. The molecule has 2 N–H and O–H groups in total. The molecule has 8 heteroatoms. The second-order valence-electron chi connectivity index (χ2n) is 9.80. The molecule has 2 aliphatic rings. The molecule has 0 amide bonds. The van der Waals surface area contributed by atoms with Crippen LogP contribution in [0.25, 0.3) is 27.9 Å². The molecule has 1 spiro atoms. The second-order valence-corrected chi connectivity index (χ2v) is 10.2. The fourth-order valence-corrected chi connectivity index (χ4v) is 6.14. The maximum absolute atomic E-state index is 6.48. The van der Waals surface area contributed by atoms with Gasteiger partial charge >= 0.3 is 0 Å². The minimum absolute atomic E-state index is 0.321. The Hall–Kier alpha value is -3.45. The van der Waals surface area contributed by atoms with E-state index in [1.165, 1.54) is 11.3 Å². The minimum atomic E-state index is 0.321. The van der Waals surface area contributed by atoms with Crippen molar-refractivity contribution in [3.63, 3.8) is 0 Å². The van der Waals surface area contributed by atoms with Crippen LogP contribution in [0, 0.1) is 12.3 Å². The number of hydrogen-bond donors (Lipinski definition) is 1. The Morgan fingerprint density at radius 1 is 0.971 bits per heavy atom. The first-order chi connectivity index (χ1) is 16.5. The Morgan fingerprint density at radius 3 is 2.68 bits per heavy atom. The number of aromatic nitrogens is 5. The van der Waals surface area contributed by atoms with Crippen LogP contribution in [0.4, 0.5) is 11.6 Å². The molecule has 5 aromatic heterocycles. The molecular formula is C26H24ClN7. The van der Waals surface area contributed by atoms with Crippen LogP contribution < -0.4 is 10.6 Å². The van der Waals surface area contributed by atoms with E-state index >= 15 is 0 Å². The number of halogens is 1. The highest BCUT2D eigenvalue weighted by atomic mass is 35.5. The predicted octanol–water partition coefficient (Wildman–Crippen LogP) is 4.71. The van der Waals surface area contributed by atoms with Gasteiger partial charge in [-0.1, -0.05) is 17.7 Å². The van der Waals surface area contributed by atoms with E-state index in [-0.39, 0.29) is 0 Å². The molecule has 5 aromatic rings. The van der Waals surface area contributed by atoms with Gasteiger partial charge in [0.15, 0.2) is 5.82 Å². The standard InChI is InChI=1S/C26H24ClN7/c1-15-2-3-16-12-26(13-19(16)31-15)7-10-33(11-8-26)25-20-14-30-24-18(4-5-21(32-25)34(20)24)17-6-9-29-23(28)22(17)27/h2-6,9,14H,7-8,10-13H2,1H3,(H2,28,29). The fourth-order valence-electron chi connectivity index (χ4n) is 5.92. The van der Waals surface area contributed by atoms with Gasteiger partial charge in [-0.05, 0) is 67.9 Å². The molecule has 170 valence electrons. The topological polar surface area (TPSA) is 85.2 Å². The van der Waals surface area contributed by atoms with Gasteiger partial charge in [0, 0.05) is 41.8 Å². The lowest BCUT2D eigenvalue weighted by atomic mass is 9.76. The van der Waals surface area contributed by atoms with Gasteiger partial charge in [-0.25, -0.2) is 15.0 Å². The number of pyridine rings is 3. The molecule has 0 radical (unpaired) electrons. The van der Waals surface area contributed by atoms with Gasteiger partial charge in [0.1, 0.15) is 22.6 Å². The van der Waals surface area contributed by atoms with E-state index < -0.39 is 0 Å². The zero-order valence-corrected chi connectivity index (χ0v) is 19.7. The van der Waals surface area contributed by atoms with Crippen molar-refractivity contribution in [1.82, 2.24) is 24.3 Å². The summed E-state index contributed by atoms with van der Waals surface area (Å²) in [5.74, 6) is 1.33. The first-order valence-corrected chi connectivity index (χ1v) is 12.1. The lowest BCUT2D eigenvalue weighted by molar-refractivity contribution is 0.231. The molecule has 0 saturated carbocycles. The van der Waals surface area contributed by atoms with Crippen molar-refractivity contribution in [3.8, 4) is 11.1 Å². The van der Waals surface area contributed by atoms with Crippen LogP contribution in [-0.4, -0.2) is 37.4 Å². The molecule has 1 fully saturated rings. The number of piperidine rings is 1. The van der Waals surface area contributed by atoms with Crippen molar-refractivity contribution < 1.29 is 0 Å². The molecule has 0 bridgehead atoms. The van der Waals surface area contributed by atoms with E-state index in [1.54, 1.807) is 6.20 Å². The average molecular weight is 470 g/mol. The summed E-state index contributed by atoms with van der Waals surface area (Å²) in [5, 5.41) is 0.450. The third kappa shape index (κ3) is 2.83. The van der Waals surface area contributed by atoms with E-state index in [1.807, 2.05) is 24.4 Å². The number of nitrogens with two attached hydrogens (primary N) is 1. The van der Waals surface area contributed by atoms with Gasteiger partial charge in [-0.2, -0.15) is 0 Å². The molecule has 0 unspecified atom stereocenters. The van der Waals surface area contributed by atoms with Crippen LogP contribution >= 0.6 is 11.6 Å². The Kier molecular flexibility index (Phi) is 4.13. The molecule has 34 heavy (non-hydrogen) atoms. The number of nitrogen functional groups attached to an aromatic ring is 1. The summed E-state index contributed by atoms with van der Waals surface area (Å²) in [6, 6.07) is 10.3. The fraction of sp³-hybridized carbons (Fsp3) is 0.308. The van der Waals surface area contributed by atoms with Gasteiger partial charge < -0.3 is 10.6 Å². The number of anilines is 2. The summed E-state index contributed by atoms with van der Waals surface area (Å²) >= 11 is 6.48. The number of fused-ring (bicyclic) bond motifs is 1. The molecule has 7 rings (SSSR count). The summed E-state index contributed by atoms with van der Waals surface area (Å²) in [6.45, 7) is 4.07. The highest BCUT2D eigenvalue weighted by molar-refractivity contribution is 6.35. The third-order valence-electron chi connectivity index (χ3n) is 7.73. The lowest BCUT2D eigenvalue weighted by Crippen LogP contribution is -2.41. The number of nitrogens with zero attached hydrogens (tertiary/aromatic N) is 6. The Labute approximate surface area is 202 Å². The van der Waals surface area contributed by atoms with Gasteiger partial charge in [-0.15, -0.1) is 0 Å². The number of aryl methyl sites for hydroxylation is 1. The van der Waals surface area contributed by atoms with Gasteiger partial charge in [0.05, 0.1) is 11.2 Å². The zero-order valence-electron chi connectivity index (χ0n) is 18.9. The van der Waals surface area contributed by atoms with E-state index in [2.05, 4.69) is 33.3 Å². The average Bonchev–Trinajstić information content (AvgIpc) is 3.52. The molecule has 6 heterocycles. The first-order valence-electron chi connectivity index (χ1n) is 11.7. The van der Waals surface area contributed by atoms with Crippen LogP contribution in [0.15, 0.2) is 42.7 Å². The Morgan fingerprint density at radius 2 is 1.82 bits per heavy atom. The van der Waals surface area contributed by atoms with Crippen LogP contribution in [0.2, 0.25) is 5.02 Å². The summed E-state index contributed by atoms with van der Waals surface area (Å²) in [5.41, 5.74) is 14.7. The summed E-state index contributed by atoms with van der Waals surface area (Å²) < 4.78 is 2.13. The molecule has 0 atom stereocenters. The van der Waals surface area contributed by atoms with Gasteiger partial charge in [0.25, 0.3) is 0 Å². The predicted molar refractivity (Wildman–Crippen MR) is 135 cm³/mol. The maximum atomic E-state index is 6.48. The van der Waals surface area contributed by atoms with Crippen molar-refractivity contribution in [2.24, 2.45) is 5.41 Å². The minimum Gasteiger partial charge on any atom is -0.382 e. The summed E-state index contributed by atoms with van der Waals surface area (Å²) in [7, 11) is 0. The molecule has 7 nitrogen and oxygen atoms in total. The van der Waals surface area contributed by atoms with Crippen LogP contribution in [0.3, 0.4) is 0 Å².